The third-order valence-electron chi connectivity index (χ3n) is 5.51. The molecule has 5 atom stereocenters. The van der Waals surface area contributed by atoms with Gasteiger partial charge in [-0.3, -0.25) is 4.68 Å². The van der Waals surface area contributed by atoms with E-state index in [0.717, 1.165) is 41.8 Å². The number of aryl methyl sites for hydroxylation is 1. The summed E-state index contributed by atoms with van der Waals surface area (Å²) in [6.07, 6.45) is 6.97. The molecule has 1 heterocycles. The lowest BCUT2D eigenvalue weighted by Gasteiger charge is -2.15. The number of aromatic nitrogens is 3. The topological polar surface area (TPSA) is 56.7 Å². The van der Waals surface area contributed by atoms with Gasteiger partial charge in [0.05, 0.1) is 0 Å². The van der Waals surface area contributed by atoms with Crippen molar-refractivity contribution in [2.45, 2.75) is 31.7 Å². The molecule has 2 N–H and O–H groups in total. The van der Waals surface area contributed by atoms with E-state index >= 15 is 0 Å². The van der Waals surface area contributed by atoms with Crippen LogP contribution in [0, 0.1) is 29.6 Å². The van der Waals surface area contributed by atoms with Gasteiger partial charge in [-0.2, -0.15) is 5.10 Å². The fourth-order valence-corrected chi connectivity index (χ4v) is 4.82. The predicted molar refractivity (Wildman–Crippen MR) is 64.0 cm³/mol. The van der Waals surface area contributed by atoms with Crippen LogP contribution in [-0.2, 0) is 13.5 Å². The lowest BCUT2D eigenvalue weighted by Crippen LogP contribution is -2.29. The maximum Gasteiger partial charge on any atom is 0.138 e. The molecule has 0 radical (unpaired) electrons. The second-order valence-corrected chi connectivity index (χ2v) is 6.23. The van der Waals surface area contributed by atoms with Crippen LogP contribution in [0.25, 0.3) is 0 Å². The van der Waals surface area contributed by atoms with Crippen molar-refractivity contribution in [3.63, 3.8) is 0 Å². The van der Waals surface area contributed by atoms with E-state index in [1.165, 1.54) is 19.3 Å². The Kier molecular flexibility index (Phi) is 1.96. The zero-order valence-electron chi connectivity index (χ0n) is 10.3. The Bertz CT molecular complexity index is 424. The summed E-state index contributed by atoms with van der Waals surface area (Å²) in [5.74, 6) is 5.79. The molecule has 0 saturated heterocycles. The smallest absolute Gasteiger partial charge is 0.138 e. The molecule has 0 aliphatic heterocycles. The quantitative estimate of drug-likeness (QED) is 0.845. The number of nitrogens with two attached hydrogens (primary N) is 1. The van der Waals surface area contributed by atoms with Crippen molar-refractivity contribution in [3.05, 3.63) is 12.2 Å². The van der Waals surface area contributed by atoms with Gasteiger partial charge in [-0.15, -0.1) is 0 Å². The standard InChI is InChI=1S/C13H20N4/c1-17-10(15-6-16-17)5-9(14)13-11-7-2-3-8(4-7)12(11)13/h6-9,11-13H,2-5,14H2,1H3. The number of nitrogens with zero attached hydrogens (tertiary/aromatic N) is 3. The fourth-order valence-electron chi connectivity index (χ4n) is 4.82. The molecular weight excluding hydrogens is 212 g/mol. The van der Waals surface area contributed by atoms with E-state index in [-0.39, 0.29) is 0 Å². The summed E-state index contributed by atoms with van der Waals surface area (Å²) in [7, 11) is 1.95. The van der Waals surface area contributed by atoms with E-state index in [1.807, 2.05) is 11.7 Å². The van der Waals surface area contributed by atoms with Crippen LogP contribution in [0.1, 0.15) is 25.1 Å². The van der Waals surface area contributed by atoms with Gasteiger partial charge in [0.1, 0.15) is 12.2 Å². The van der Waals surface area contributed by atoms with E-state index in [9.17, 15) is 0 Å². The van der Waals surface area contributed by atoms with Crippen LogP contribution in [0.2, 0.25) is 0 Å². The Hall–Kier alpha value is -0.900. The molecular formula is C13H20N4. The molecule has 0 aromatic carbocycles. The molecule has 4 nitrogen and oxygen atoms in total. The number of rotatable bonds is 3. The van der Waals surface area contributed by atoms with Crippen LogP contribution in [-0.4, -0.2) is 20.8 Å². The monoisotopic (exact) mass is 232 g/mol. The normalized spacial score (nSPS) is 43.8. The largest absolute Gasteiger partial charge is 0.327 e. The highest BCUT2D eigenvalue weighted by molar-refractivity contribution is 5.16. The Morgan fingerprint density at radius 1 is 1.41 bits per heavy atom. The van der Waals surface area contributed by atoms with Gasteiger partial charge in [0.2, 0.25) is 0 Å². The Morgan fingerprint density at radius 2 is 2.12 bits per heavy atom. The molecule has 17 heavy (non-hydrogen) atoms. The Morgan fingerprint density at radius 3 is 2.71 bits per heavy atom. The first-order valence-corrected chi connectivity index (χ1v) is 6.84. The molecule has 3 aliphatic carbocycles. The second-order valence-electron chi connectivity index (χ2n) is 6.23. The zero-order valence-corrected chi connectivity index (χ0v) is 10.3. The van der Waals surface area contributed by atoms with Crippen molar-refractivity contribution in [2.75, 3.05) is 0 Å². The maximum absolute atomic E-state index is 6.40. The summed E-state index contributed by atoms with van der Waals surface area (Å²) in [5, 5.41) is 4.11. The van der Waals surface area contributed by atoms with Gasteiger partial charge in [0.15, 0.2) is 0 Å². The highest BCUT2D eigenvalue weighted by atomic mass is 15.3. The van der Waals surface area contributed by atoms with Crippen LogP contribution in [0.5, 0.6) is 0 Å². The first-order valence-electron chi connectivity index (χ1n) is 6.84. The van der Waals surface area contributed by atoms with E-state index in [0.29, 0.717) is 6.04 Å². The van der Waals surface area contributed by atoms with Crippen molar-refractivity contribution in [3.8, 4) is 0 Å². The van der Waals surface area contributed by atoms with E-state index in [1.54, 1.807) is 6.33 Å². The summed E-state index contributed by atoms with van der Waals surface area (Å²) < 4.78 is 1.85. The minimum absolute atomic E-state index is 0.302. The summed E-state index contributed by atoms with van der Waals surface area (Å²) in [6.45, 7) is 0. The number of hydrogen-bond acceptors (Lipinski definition) is 3. The molecule has 4 rings (SSSR count). The molecule has 3 saturated carbocycles. The molecule has 3 fully saturated rings. The first kappa shape index (κ1) is 10.1. The Labute approximate surface area is 102 Å². The molecule has 4 heteroatoms. The van der Waals surface area contributed by atoms with Gasteiger partial charge in [-0.25, -0.2) is 4.98 Å². The predicted octanol–water partition coefficient (Wildman–Crippen LogP) is 0.977. The number of hydrogen-bond donors (Lipinski definition) is 1. The lowest BCUT2D eigenvalue weighted by molar-refractivity contribution is 0.403. The van der Waals surface area contributed by atoms with Gasteiger partial charge in [-0.05, 0) is 48.9 Å². The first-order chi connectivity index (χ1) is 8.25. The average Bonchev–Trinajstić information content (AvgIpc) is 2.64. The van der Waals surface area contributed by atoms with Crippen LogP contribution >= 0.6 is 0 Å². The highest BCUT2D eigenvalue weighted by Crippen LogP contribution is 2.70. The second kappa shape index (κ2) is 3.31. The number of fused-ring (bicyclic) bond motifs is 5. The molecule has 0 amide bonds. The average molecular weight is 232 g/mol. The van der Waals surface area contributed by atoms with Gasteiger partial charge in [-0.1, -0.05) is 0 Å². The molecule has 2 bridgehead atoms. The summed E-state index contributed by atoms with van der Waals surface area (Å²) in [4.78, 5) is 4.29. The van der Waals surface area contributed by atoms with Gasteiger partial charge >= 0.3 is 0 Å². The molecule has 92 valence electrons. The van der Waals surface area contributed by atoms with Crippen molar-refractivity contribution >= 4 is 0 Å². The summed E-state index contributed by atoms with van der Waals surface area (Å²) >= 11 is 0. The third kappa shape index (κ3) is 1.33. The van der Waals surface area contributed by atoms with Crippen LogP contribution in [0.15, 0.2) is 6.33 Å². The van der Waals surface area contributed by atoms with Crippen molar-refractivity contribution in [1.82, 2.24) is 14.8 Å². The van der Waals surface area contributed by atoms with E-state index in [2.05, 4.69) is 10.1 Å². The minimum atomic E-state index is 0.302. The van der Waals surface area contributed by atoms with Crippen molar-refractivity contribution < 1.29 is 0 Å². The van der Waals surface area contributed by atoms with E-state index in [4.69, 9.17) is 5.73 Å². The lowest BCUT2D eigenvalue weighted by atomic mass is 9.96. The van der Waals surface area contributed by atoms with E-state index < -0.39 is 0 Å². The third-order valence-corrected chi connectivity index (χ3v) is 5.51. The molecule has 3 aliphatic rings. The summed E-state index contributed by atoms with van der Waals surface area (Å²) in [6, 6.07) is 0.302. The summed E-state index contributed by atoms with van der Waals surface area (Å²) in [5.41, 5.74) is 6.40. The van der Waals surface area contributed by atoms with Gasteiger partial charge in [0, 0.05) is 19.5 Å². The molecule has 5 unspecified atom stereocenters. The van der Waals surface area contributed by atoms with Crippen LogP contribution < -0.4 is 5.73 Å². The SMILES string of the molecule is Cn1ncnc1CC(N)C1C2C3CCC(C3)C12. The molecule has 1 aromatic heterocycles. The van der Waals surface area contributed by atoms with Crippen molar-refractivity contribution in [1.29, 1.82) is 0 Å². The zero-order chi connectivity index (χ0) is 11.6. The molecule has 0 spiro atoms. The van der Waals surface area contributed by atoms with Crippen molar-refractivity contribution in [2.24, 2.45) is 42.4 Å². The van der Waals surface area contributed by atoms with Crippen LogP contribution in [0.3, 0.4) is 0 Å². The van der Waals surface area contributed by atoms with Gasteiger partial charge in [0.25, 0.3) is 0 Å². The maximum atomic E-state index is 6.40. The van der Waals surface area contributed by atoms with Gasteiger partial charge < -0.3 is 5.73 Å². The molecule has 1 aromatic rings. The minimum Gasteiger partial charge on any atom is -0.327 e. The Balaban J connectivity index is 1.46. The highest BCUT2D eigenvalue weighted by Gasteiger charge is 2.66. The van der Waals surface area contributed by atoms with Crippen LogP contribution in [0.4, 0.5) is 0 Å². The fraction of sp³-hybridized carbons (Fsp3) is 0.846.